The molecule has 0 atom stereocenters. The number of halogens is 1. The molecule has 0 saturated carbocycles. The second-order valence-corrected chi connectivity index (χ2v) is 5.56. The minimum Gasteiger partial charge on any atom is -0.497 e. The highest BCUT2D eigenvalue weighted by Gasteiger charge is 2.05. The summed E-state index contributed by atoms with van der Waals surface area (Å²) in [5.41, 5.74) is 3.78. The van der Waals surface area contributed by atoms with Crippen LogP contribution >= 0.6 is 22.6 Å². The lowest BCUT2D eigenvalue weighted by atomic mass is 10.2. The van der Waals surface area contributed by atoms with E-state index in [9.17, 15) is 4.79 Å². The van der Waals surface area contributed by atoms with E-state index in [4.69, 9.17) is 9.47 Å². The van der Waals surface area contributed by atoms with Gasteiger partial charge in [-0.15, -0.1) is 0 Å². The lowest BCUT2D eigenvalue weighted by Crippen LogP contribution is -2.17. The highest BCUT2D eigenvalue weighted by molar-refractivity contribution is 14.1. The molecule has 2 aromatic carbocycles. The summed E-state index contributed by atoms with van der Waals surface area (Å²) in [6.07, 6.45) is 1.53. The molecule has 0 spiro atoms. The summed E-state index contributed by atoms with van der Waals surface area (Å²) in [4.78, 5) is 11.9. The zero-order chi connectivity index (χ0) is 15.9. The Morgan fingerprint density at radius 2 is 1.86 bits per heavy atom. The maximum Gasteiger partial charge on any atom is 0.271 e. The van der Waals surface area contributed by atoms with E-state index in [1.54, 1.807) is 44.6 Å². The van der Waals surface area contributed by atoms with E-state index >= 15 is 0 Å². The van der Waals surface area contributed by atoms with Gasteiger partial charge in [-0.1, -0.05) is 0 Å². The third kappa shape index (κ3) is 4.20. The van der Waals surface area contributed by atoms with Gasteiger partial charge in [0.1, 0.15) is 11.5 Å². The van der Waals surface area contributed by atoms with E-state index in [1.807, 2.05) is 12.1 Å². The molecule has 6 heteroatoms. The molecule has 2 aromatic rings. The Balaban J connectivity index is 2.06. The predicted octanol–water partition coefficient (Wildman–Crippen LogP) is 3.07. The lowest BCUT2D eigenvalue weighted by Gasteiger charge is -2.07. The fourth-order valence-corrected chi connectivity index (χ4v) is 2.11. The molecule has 1 N–H and O–H groups in total. The van der Waals surface area contributed by atoms with E-state index in [0.717, 1.165) is 9.13 Å². The number of hydrazone groups is 1. The maximum atomic E-state index is 11.9. The Bertz CT molecular complexity index is 684. The smallest absolute Gasteiger partial charge is 0.271 e. The molecular formula is C16H15IN2O3. The molecule has 5 nitrogen and oxygen atoms in total. The summed E-state index contributed by atoms with van der Waals surface area (Å²) in [6.45, 7) is 0. The normalized spacial score (nSPS) is 10.5. The van der Waals surface area contributed by atoms with E-state index in [0.29, 0.717) is 17.1 Å². The molecule has 1 amide bonds. The molecule has 0 aromatic heterocycles. The zero-order valence-electron chi connectivity index (χ0n) is 12.2. The van der Waals surface area contributed by atoms with Gasteiger partial charge >= 0.3 is 0 Å². The molecule has 0 unspecified atom stereocenters. The first kappa shape index (κ1) is 16.3. The first-order valence-electron chi connectivity index (χ1n) is 6.45. The number of methoxy groups -OCH3 is 2. The van der Waals surface area contributed by atoms with E-state index in [1.165, 1.54) is 6.21 Å². The van der Waals surface area contributed by atoms with Crippen molar-refractivity contribution in [3.05, 3.63) is 57.2 Å². The third-order valence-electron chi connectivity index (χ3n) is 2.92. The van der Waals surface area contributed by atoms with Crippen LogP contribution in [0.25, 0.3) is 0 Å². The van der Waals surface area contributed by atoms with Gasteiger partial charge in [0.2, 0.25) is 0 Å². The monoisotopic (exact) mass is 410 g/mol. The topological polar surface area (TPSA) is 59.9 Å². The van der Waals surface area contributed by atoms with Crippen LogP contribution in [0.3, 0.4) is 0 Å². The number of carbonyl (C=O) groups is 1. The van der Waals surface area contributed by atoms with Gasteiger partial charge < -0.3 is 9.47 Å². The minimum absolute atomic E-state index is 0.264. The zero-order valence-corrected chi connectivity index (χ0v) is 14.3. The molecule has 22 heavy (non-hydrogen) atoms. The molecule has 0 saturated heterocycles. The van der Waals surface area contributed by atoms with Gasteiger partial charge in [0, 0.05) is 20.8 Å². The number of benzene rings is 2. The second-order valence-electron chi connectivity index (χ2n) is 4.31. The average Bonchev–Trinajstić information content (AvgIpc) is 2.55. The highest BCUT2D eigenvalue weighted by Crippen LogP contribution is 2.22. The van der Waals surface area contributed by atoms with Gasteiger partial charge in [-0.3, -0.25) is 4.79 Å². The number of hydrogen-bond donors (Lipinski definition) is 1. The van der Waals surface area contributed by atoms with Crippen molar-refractivity contribution >= 4 is 34.7 Å². The molecule has 0 aliphatic carbocycles. The van der Waals surface area contributed by atoms with Crippen LogP contribution in [0.15, 0.2) is 47.6 Å². The molecule has 0 fully saturated rings. The summed E-state index contributed by atoms with van der Waals surface area (Å²) >= 11 is 2.18. The number of nitrogens with one attached hydrogen (secondary N) is 1. The maximum absolute atomic E-state index is 11.9. The van der Waals surface area contributed by atoms with E-state index in [2.05, 4.69) is 33.1 Å². The van der Waals surface area contributed by atoms with Gasteiger partial charge in [-0.2, -0.15) is 5.10 Å². The third-order valence-corrected chi connectivity index (χ3v) is 3.64. The van der Waals surface area contributed by atoms with Gasteiger partial charge in [0.15, 0.2) is 0 Å². The van der Waals surface area contributed by atoms with Crippen LogP contribution in [0.1, 0.15) is 15.9 Å². The van der Waals surface area contributed by atoms with Crippen LogP contribution < -0.4 is 14.9 Å². The van der Waals surface area contributed by atoms with E-state index in [-0.39, 0.29) is 5.91 Å². The van der Waals surface area contributed by atoms with Gasteiger partial charge in [-0.25, -0.2) is 5.43 Å². The Hall–Kier alpha value is -2.09. The molecule has 114 valence electrons. The number of carbonyl (C=O) groups excluding carboxylic acids is 1. The summed E-state index contributed by atoms with van der Waals surface area (Å²) in [5, 5.41) is 3.96. The van der Waals surface area contributed by atoms with Crippen molar-refractivity contribution in [3.63, 3.8) is 0 Å². The summed E-state index contributed by atoms with van der Waals surface area (Å²) in [7, 11) is 3.15. The number of nitrogens with zero attached hydrogens (tertiary/aromatic N) is 1. The Morgan fingerprint density at radius 1 is 1.14 bits per heavy atom. The van der Waals surface area contributed by atoms with Crippen LogP contribution in [-0.2, 0) is 0 Å². The van der Waals surface area contributed by atoms with Crippen LogP contribution in [-0.4, -0.2) is 26.3 Å². The van der Waals surface area contributed by atoms with Crippen molar-refractivity contribution in [1.29, 1.82) is 0 Å². The summed E-state index contributed by atoms with van der Waals surface area (Å²) < 4.78 is 11.5. The second kappa shape index (κ2) is 7.79. The molecule has 0 radical (unpaired) electrons. The molecule has 2 rings (SSSR count). The number of hydrogen-bond acceptors (Lipinski definition) is 4. The van der Waals surface area contributed by atoms with Crippen LogP contribution in [0.5, 0.6) is 11.5 Å². The quantitative estimate of drug-likeness (QED) is 0.468. The van der Waals surface area contributed by atoms with Crippen molar-refractivity contribution in [2.75, 3.05) is 14.2 Å². The van der Waals surface area contributed by atoms with Crippen molar-refractivity contribution in [2.45, 2.75) is 0 Å². The number of rotatable bonds is 5. The SMILES string of the molecule is COc1ccc(/C=N\NC(=O)c2ccc(I)cc2)c(OC)c1. The molecule has 0 aliphatic rings. The molecular weight excluding hydrogens is 395 g/mol. The first-order chi connectivity index (χ1) is 10.6. The molecule has 0 bridgehead atoms. The summed E-state index contributed by atoms with van der Waals surface area (Å²) in [5.74, 6) is 1.05. The largest absolute Gasteiger partial charge is 0.497 e. The minimum atomic E-state index is -0.264. The van der Waals surface area contributed by atoms with E-state index < -0.39 is 0 Å². The van der Waals surface area contributed by atoms with Gasteiger partial charge in [-0.05, 0) is 59.0 Å². The Labute approximate surface area is 142 Å². The Kier molecular flexibility index (Phi) is 5.76. The highest BCUT2D eigenvalue weighted by atomic mass is 127. The van der Waals surface area contributed by atoms with Crippen molar-refractivity contribution in [2.24, 2.45) is 5.10 Å². The molecule has 0 aliphatic heterocycles. The summed E-state index contributed by atoms with van der Waals surface area (Å²) in [6, 6.07) is 12.6. The lowest BCUT2D eigenvalue weighted by molar-refractivity contribution is 0.0955. The fourth-order valence-electron chi connectivity index (χ4n) is 1.75. The average molecular weight is 410 g/mol. The van der Waals surface area contributed by atoms with Crippen molar-refractivity contribution < 1.29 is 14.3 Å². The number of ether oxygens (including phenoxy) is 2. The number of amides is 1. The Morgan fingerprint density at radius 3 is 2.50 bits per heavy atom. The van der Waals surface area contributed by atoms with Crippen LogP contribution in [0, 0.1) is 3.57 Å². The standard InChI is InChI=1S/C16H15IN2O3/c1-21-14-8-5-12(15(9-14)22-2)10-18-19-16(20)11-3-6-13(17)7-4-11/h3-10H,1-2H3,(H,19,20)/b18-10-. The first-order valence-corrected chi connectivity index (χ1v) is 7.53. The van der Waals surface area contributed by atoms with Crippen LogP contribution in [0.4, 0.5) is 0 Å². The van der Waals surface area contributed by atoms with Gasteiger partial charge in [0.25, 0.3) is 5.91 Å². The molecule has 0 heterocycles. The van der Waals surface area contributed by atoms with Crippen molar-refractivity contribution in [3.8, 4) is 11.5 Å². The predicted molar refractivity (Wildman–Crippen MR) is 93.8 cm³/mol. The fraction of sp³-hybridized carbons (Fsp3) is 0.125. The van der Waals surface area contributed by atoms with Gasteiger partial charge in [0.05, 0.1) is 20.4 Å². The van der Waals surface area contributed by atoms with Crippen molar-refractivity contribution in [1.82, 2.24) is 5.43 Å². The van der Waals surface area contributed by atoms with Crippen LogP contribution in [0.2, 0.25) is 0 Å².